The molecular weight excluding hydrogens is 458 g/mol. The van der Waals surface area contributed by atoms with Gasteiger partial charge in [-0.15, -0.1) is 0 Å². The number of piperazine rings is 1. The summed E-state index contributed by atoms with van der Waals surface area (Å²) in [4.78, 5) is 26.0. The summed E-state index contributed by atoms with van der Waals surface area (Å²) in [5.41, 5.74) is 3.70. The van der Waals surface area contributed by atoms with Crippen molar-refractivity contribution in [3.8, 4) is 6.07 Å². The molecule has 0 aliphatic carbocycles. The van der Waals surface area contributed by atoms with Crippen LogP contribution >= 0.6 is 0 Å². The molecule has 2 atom stereocenters. The average molecular weight is 492 g/mol. The first kappa shape index (κ1) is 24.7. The molecule has 4 aromatic rings. The van der Waals surface area contributed by atoms with Crippen LogP contribution in [0.3, 0.4) is 0 Å². The number of nitrogens with zero attached hydrogens (tertiary/aromatic N) is 4. The lowest BCUT2D eigenvalue weighted by Crippen LogP contribution is -2.56. The molecule has 3 aromatic carbocycles. The summed E-state index contributed by atoms with van der Waals surface area (Å²) < 4.78 is 0. The van der Waals surface area contributed by atoms with Crippen molar-refractivity contribution in [3.63, 3.8) is 0 Å². The van der Waals surface area contributed by atoms with E-state index in [1.807, 2.05) is 65.7 Å². The van der Waals surface area contributed by atoms with E-state index in [2.05, 4.69) is 46.9 Å². The summed E-state index contributed by atoms with van der Waals surface area (Å²) in [6.07, 6.45) is 5.45. The van der Waals surface area contributed by atoms with Gasteiger partial charge in [-0.1, -0.05) is 62.4 Å². The predicted octanol–water partition coefficient (Wildman–Crippen LogP) is 5.59. The highest BCUT2D eigenvalue weighted by Crippen LogP contribution is 2.31. The van der Waals surface area contributed by atoms with E-state index in [4.69, 9.17) is 0 Å². The number of benzene rings is 3. The third-order valence-corrected chi connectivity index (χ3v) is 7.37. The second-order valence-corrected chi connectivity index (χ2v) is 10.3. The number of nitrogens with one attached hydrogen (secondary N) is 1. The summed E-state index contributed by atoms with van der Waals surface area (Å²) in [6, 6.07) is 24.5. The Hall–Kier alpha value is -3.95. The Morgan fingerprint density at radius 3 is 2.59 bits per heavy atom. The van der Waals surface area contributed by atoms with Crippen LogP contribution in [0, 0.1) is 17.2 Å². The first-order chi connectivity index (χ1) is 18.0. The highest BCUT2D eigenvalue weighted by Gasteiger charge is 2.36. The Balaban J connectivity index is 1.42. The second-order valence-electron chi connectivity index (χ2n) is 10.3. The number of carbonyl (C=O) groups excluding carboxylic acids is 1. The maximum atomic E-state index is 13.8. The maximum absolute atomic E-state index is 13.8. The van der Waals surface area contributed by atoms with Crippen LogP contribution in [0.4, 0.5) is 0 Å². The van der Waals surface area contributed by atoms with Gasteiger partial charge in [-0.25, -0.2) is 4.98 Å². The summed E-state index contributed by atoms with van der Waals surface area (Å²) in [5, 5.41) is 11.3. The molecule has 1 aliphatic heterocycles. The van der Waals surface area contributed by atoms with Crippen molar-refractivity contribution in [1.29, 1.82) is 5.26 Å². The number of hydrogen-bond donors (Lipinski definition) is 1. The molecule has 5 rings (SSSR count). The SMILES string of the molecule is CC(C)CC1CN(C(=O)c2cccc3ccccc23)CCN1C(Cc1ccc(C#N)cc1)c1cnc[nH]1. The molecule has 1 amide bonds. The van der Waals surface area contributed by atoms with Crippen LogP contribution in [0.5, 0.6) is 0 Å². The average Bonchev–Trinajstić information content (AvgIpc) is 3.46. The van der Waals surface area contributed by atoms with Crippen molar-refractivity contribution in [2.45, 2.75) is 38.8 Å². The van der Waals surface area contributed by atoms with Crippen LogP contribution < -0.4 is 0 Å². The minimum absolute atomic E-state index is 0.106. The number of imidazole rings is 1. The van der Waals surface area contributed by atoms with E-state index in [0.717, 1.165) is 41.4 Å². The number of fused-ring (bicyclic) bond motifs is 1. The normalized spacial score (nSPS) is 17.1. The number of aromatic amines is 1. The maximum Gasteiger partial charge on any atom is 0.254 e. The molecule has 0 spiro atoms. The highest BCUT2D eigenvalue weighted by atomic mass is 16.2. The molecule has 0 radical (unpaired) electrons. The van der Waals surface area contributed by atoms with Gasteiger partial charge >= 0.3 is 0 Å². The second kappa shape index (κ2) is 11.0. The molecule has 6 heteroatoms. The molecule has 1 aliphatic rings. The fourth-order valence-electron chi connectivity index (χ4n) is 5.59. The van der Waals surface area contributed by atoms with Crippen LogP contribution in [0.1, 0.15) is 53.5 Å². The van der Waals surface area contributed by atoms with Gasteiger partial charge < -0.3 is 9.88 Å². The summed E-state index contributed by atoms with van der Waals surface area (Å²) in [7, 11) is 0. The number of rotatable bonds is 7. The van der Waals surface area contributed by atoms with E-state index in [-0.39, 0.29) is 18.0 Å². The number of hydrogen-bond acceptors (Lipinski definition) is 4. The lowest BCUT2D eigenvalue weighted by Gasteiger charge is -2.46. The molecule has 188 valence electrons. The topological polar surface area (TPSA) is 76.0 Å². The fourth-order valence-corrected chi connectivity index (χ4v) is 5.59. The Labute approximate surface area is 218 Å². The first-order valence-electron chi connectivity index (χ1n) is 13.0. The Bertz CT molecular complexity index is 1380. The molecule has 1 aromatic heterocycles. The molecule has 37 heavy (non-hydrogen) atoms. The smallest absolute Gasteiger partial charge is 0.254 e. The van der Waals surface area contributed by atoms with Gasteiger partial charge in [-0.05, 0) is 53.3 Å². The summed E-state index contributed by atoms with van der Waals surface area (Å²) >= 11 is 0. The molecule has 2 heterocycles. The largest absolute Gasteiger partial charge is 0.347 e. The zero-order valence-electron chi connectivity index (χ0n) is 21.5. The van der Waals surface area contributed by atoms with Crippen molar-refractivity contribution < 1.29 is 4.79 Å². The standard InChI is InChI=1S/C31H33N5O/c1-22(2)16-26-20-35(31(37)28-9-5-7-25-6-3-4-8-27(25)28)14-15-36(26)30(29-19-33-21-34-29)17-23-10-12-24(18-32)13-11-23/h3-13,19,21-22,26,30H,14-17,20H2,1-2H3,(H,33,34). The number of carbonyl (C=O) groups is 1. The number of aromatic nitrogens is 2. The van der Waals surface area contributed by atoms with E-state index in [0.29, 0.717) is 24.6 Å². The quantitative estimate of drug-likeness (QED) is 0.366. The summed E-state index contributed by atoms with van der Waals surface area (Å²) in [5.74, 6) is 0.604. The molecule has 1 fully saturated rings. The molecular formula is C31H33N5O. The van der Waals surface area contributed by atoms with Gasteiger partial charge in [0.25, 0.3) is 5.91 Å². The van der Waals surface area contributed by atoms with Crippen LogP contribution in [0.15, 0.2) is 79.3 Å². The van der Waals surface area contributed by atoms with E-state index in [9.17, 15) is 10.1 Å². The Kier molecular flexibility index (Phi) is 7.34. The van der Waals surface area contributed by atoms with Crippen molar-refractivity contribution in [1.82, 2.24) is 19.8 Å². The zero-order valence-corrected chi connectivity index (χ0v) is 21.5. The van der Waals surface area contributed by atoms with Gasteiger partial charge in [0.2, 0.25) is 0 Å². The molecule has 6 nitrogen and oxygen atoms in total. The molecule has 0 bridgehead atoms. The van der Waals surface area contributed by atoms with Crippen molar-refractivity contribution in [3.05, 3.63) is 102 Å². The van der Waals surface area contributed by atoms with Crippen LogP contribution in [0.2, 0.25) is 0 Å². The van der Waals surface area contributed by atoms with Crippen molar-refractivity contribution >= 4 is 16.7 Å². The number of amides is 1. The monoisotopic (exact) mass is 491 g/mol. The van der Waals surface area contributed by atoms with Crippen molar-refractivity contribution in [2.75, 3.05) is 19.6 Å². The molecule has 1 N–H and O–H groups in total. The fraction of sp³-hybridized carbons (Fsp3) is 0.323. The van der Waals surface area contributed by atoms with Gasteiger partial charge in [-0.2, -0.15) is 5.26 Å². The van der Waals surface area contributed by atoms with Crippen LogP contribution in [-0.2, 0) is 6.42 Å². The number of nitriles is 1. The zero-order chi connectivity index (χ0) is 25.8. The lowest BCUT2D eigenvalue weighted by molar-refractivity contribution is 0.0245. The third kappa shape index (κ3) is 5.42. The van der Waals surface area contributed by atoms with Crippen molar-refractivity contribution in [2.24, 2.45) is 5.92 Å². The van der Waals surface area contributed by atoms with E-state index in [1.165, 1.54) is 5.56 Å². The van der Waals surface area contributed by atoms with Gasteiger partial charge in [0, 0.05) is 37.4 Å². The highest BCUT2D eigenvalue weighted by molar-refractivity contribution is 6.07. The van der Waals surface area contributed by atoms with Crippen LogP contribution in [-0.4, -0.2) is 51.4 Å². The van der Waals surface area contributed by atoms with Gasteiger partial charge in [0.1, 0.15) is 0 Å². The van der Waals surface area contributed by atoms with E-state index >= 15 is 0 Å². The minimum Gasteiger partial charge on any atom is -0.347 e. The van der Waals surface area contributed by atoms with Gasteiger partial charge in [0.05, 0.1) is 29.7 Å². The van der Waals surface area contributed by atoms with Gasteiger partial charge in [-0.3, -0.25) is 9.69 Å². The van der Waals surface area contributed by atoms with E-state index in [1.54, 1.807) is 6.33 Å². The molecule has 0 saturated carbocycles. The minimum atomic E-state index is 0.106. The lowest BCUT2D eigenvalue weighted by atomic mass is 9.94. The third-order valence-electron chi connectivity index (χ3n) is 7.37. The summed E-state index contributed by atoms with van der Waals surface area (Å²) in [6.45, 7) is 6.64. The predicted molar refractivity (Wildman–Crippen MR) is 146 cm³/mol. The molecule has 2 unspecified atom stereocenters. The van der Waals surface area contributed by atoms with Crippen LogP contribution in [0.25, 0.3) is 10.8 Å². The number of H-pyrrole nitrogens is 1. The Morgan fingerprint density at radius 1 is 1.08 bits per heavy atom. The Morgan fingerprint density at radius 2 is 1.86 bits per heavy atom. The van der Waals surface area contributed by atoms with E-state index < -0.39 is 0 Å². The molecule has 1 saturated heterocycles. The van der Waals surface area contributed by atoms with Gasteiger partial charge in [0.15, 0.2) is 0 Å². The first-order valence-corrected chi connectivity index (χ1v) is 13.0.